The molecule has 3 aromatic rings. The molecule has 1 saturated heterocycles. The first kappa shape index (κ1) is 43.0. The predicted octanol–water partition coefficient (Wildman–Crippen LogP) is 6.31. The number of esters is 3. The van der Waals surface area contributed by atoms with E-state index in [4.69, 9.17) is 33.7 Å². The van der Waals surface area contributed by atoms with Crippen molar-refractivity contribution in [2.24, 2.45) is 17.3 Å². The lowest BCUT2D eigenvalue weighted by Gasteiger charge is -2.44. The molecule has 314 valence electrons. The molecule has 0 amide bonds. The highest BCUT2D eigenvalue weighted by Gasteiger charge is 2.63. The van der Waals surface area contributed by atoms with Gasteiger partial charge < -0.3 is 29.2 Å². The van der Waals surface area contributed by atoms with E-state index < -0.39 is 74.1 Å². The van der Waals surface area contributed by atoms with Gasteiger partial charge in [0.15, 0.2) is 18.0 Å². The third-order valence-corrected chi connectivity index (χ3v) is 12.8. The predicted molar refractivity (Wildman–Crippen MR) is 211 cm³/mol. The molecular weight excluding hydrogens is 767 g/mol. The van der Waals surface area contributed by atoms with E-state index >= 15 is 0 Å². The number of hydrogen-bond donors (Lipinski definition) is 2. The molecule has 6 atom stereocenters. The van der Waals surface area contributed by atoms with Gasteiger partial charge in [0.05, 0.1) is 24.1 Å². The van der Waals surface area contributed by atoms with E-state index in [9.17, 15) is 24.2 Å². The summed E-state index contributed by atoms with van der Waals surface area (Å²) in [5.74, 6) is -3.03. The van der Waals surface area contributed by atoms with Gasteiger partial charge in [-0.1, -0.05) is 73.4 Å². The van der Waals surface area contributed by atoms with E-state index in [-0.39, 0.29) is 34.2 Å². The second-order valence-corrected chi connectivity index (χ2v) is 19.1. The number of ether oxygens (including phenoxy) is 4. The fraction of sp³-hybridized carbons (Fsp3) is 0.610. The molecule has 16 nitrogen and oxygen atoms in total. The maximum atomic E-state index is 14.9. The molecule has 6 rings (SSSR count). The number of anilines is 1. The third-order valence-electron chi connectivity index (χ3n) is 11.2. The van der Waals surface area contributed by atoms with Crippen LogP contribution in [-0.4, -0.2) is 69.6 Å². The molecule has 0 radical (unpaired) electrons. The molecular formula is C41H55N6O10P. The van der Waals surface area contributed by atoms with Crippen LogP contribution >= 0.6 is 7.75 Å². The summed E-state index contributed by atoms with van der Waals surface area (Å²) in [5.41, 5.74) is 5.45. The summed E-state index contributed by atoms with van der Waals surface area (Å²) in [6.45, 7) is 13.5. The molecule has 2 aliphatic carbocycles. The summed E-state index contributed by atoms with van der Waals surface area (Å²) in [6, 6.07) is 11.1. The molecule has 58 heavy (non-hydrogen) atoms. The standard InChI is InChI=1S/C41H55N6O10P/c1-24(2)36(48)54-33-31(56-41(22-42,34(33)55-37(49)25(3)4)32-16-15-30-35(43)44-23-45-47(30)32)21-52-58(51,57-28-13-11-27(12-14-28)39(6,7)8)46-26(5)38(50)53-29-19-40(20-29)17-9-10-18-40/h11-16,23-26,29,31,33-34H,9-10,17-21H2,1-8H3,(H,46,51)(H2,43,44,45)/t26-,31+,33+,34+,41-,58?/m0/s1. The number of nitrogen functional groups attached to an aromatic ring is 1. The zero-order valence-electron chi connectivity index (χ0n) is 34.4. The van der Waals surface area contributed by atoms with Crippen molar-refractivity contribution in [3.63, 3.8) is 0 Å². The number of nitrogens with one attached hydrogen (secondary N) is 1. The molecule has 3 aliphatic rings. The van der Waals surface area contributed by atoms with Crippen LogP contribution in [0.5, 0.6) is 5.75 Å². The van der Waals surface area contributed by atoms with Crippen LogP contribution < -0.4 is 15.3 Å². The van der Waals surface area contributed by atoms with Crippen LogP contribution in [0.2, 0.25) is 0 Å². The van der Waals surface area contributed by atoms with Gasteiger partial charge >= 0.3 is 25.7 Å². The number of carbonyl (C=O) groups is 3. The van der Waals surface area contributed by atoms with Crippen LogP contribution in [-0.2, 0) is 53.4 Å². The molecule has 17 heteroatoms. The smallest absolute Gasteiger partial charge is 0.459 e. The fourth-order valence-electron chi connectivity index (χ4n) is 7.83. The van der Waals surface area contributed by atoms with Gasteiger partial charge in [0.25, 0.3) is 0 Å². The van der Waals surface area contributed by atoms with Gasteiger partial charge in [-0.15, -0.1) is 0 Å². The summed E-state index contributed by atoms with van der Waals surface area (Å²) in [5, 5.41) is 18.0. The molecule has 2 aromatic heterocycles. The van der Waals surface area contributed by atoms with Crippen LogP contribution in [0.15, 0.2) is 42.7 Å². The van der Waals surface area contributed by atoms with Crippen molar-refractivity contribution in [2.75, 3.05) is 12.3 Å². The van der Waals surface area contributed by atoms with Gasteiger partial charge in [0.1, 0.15) is 41.9 Å². The van der Waals surface area contributed by atoms with Crippen LogP contribution in [0.4, 0.5) is 5.82 Å². The summed E-state index contributed by atoms with van der Waals surface area (Å²) in [6.07, 6.45) is 2.73. The average molecular weight is 823 g/mol. The number of nitrogens with zero attached hydrogens (tertiary/aromatic N) is 4. The normalized spacial score (nSPS) is 24.6. The van der Waals surface area contributed by atoms with E-state index in [1.807, 2.05) is 12.1 Å². The minimum atomic E-state index is -4.52. The number of benzene rings is 1. The van der Waals surface area contributed by atoms with Crippen molar-refractivity contribution in [1.82, 2.24) is 19.7 Å². The minimum Gasteiger partial charge on any atom is -0.461 e. The summed E-state index contributed by atoms with van der Waals surface area (Å²) in [7, 11) is -4.52. The molecule has 3 heterocycles. The third kappa shape index (κ3) is 8.88. The van der Waals surface area contributed by atoms with Gasteiger partial charge in [0.2, 0.25) is 5.60 Å². The molecule has 1 aromatic carbocycles. The average Bonchev–Trinajstić information content (AvgIpc) is 3.88. The van der Waals surface area contributed by atoms with Gasteiger partial charge in [-0.2, -0.15) is 15.4 Å². The van der Waals surface area contributed by atoms with Crippen LogP contribution in [0.1, 0.15) is 105 Å². The number of hydrogen-bond acceptors (Lipinski definition) is 14. The maximum Gasteiger partial charge on any atom is 0.459 e. The number of fused-ring (bicyclic) bond motifs is 1. The first-order chi connectivity index (χ1) is 27.3. The number of carbonyl (C=O) groups excluding carboxylic acids is 3. The Morgan fingerprint density at radius 3 is 2.22 bits per heavy atom. The lowest BCUT2D eigenvalue weighted by molar-refractivity contribution is -0.173. The number of rotatable bonds is 14. The largest absolute Gasteiger partial charge is 0.461 e. The second kappa shape index (κ2) is 16.6. The van der Waals surface area contributed by atoms with Crippen LogP contribution in [0.25, 0.3) is 5.52 Å². The quantitative estimate of drug-likeness (QED) is 0.103. The Morgan fingerprint density at radius 2 is 1.62 bits per heavy atom. The summed E-state index contributed by atoms with van der Waals surface area (Å²) >= 11 is 0. The maximum absolute atomic E-state index is 14.9. The summed E-state index contributed by atoms with van der Waals surface area (Å²) in [4.78, 5) is 44.0. The van der Waals surface area contributed by atoms with E-state index in [0.717, 1.165) is 31.2 Å². The fourth-order valence-corrected chi connectivity index (χ4v) is 9.33. The van der Waals surface area contributed by atoms with Crippen LogP contribution in [0.3, 0.4) is 0 Å². The molecule has 1 spiro atoms. The molecule has 1 aliphatic heterocycles. The Balaban J connectivity index is 1.33. The SMILES string of the molecule is CC(C)C(=O)O[C@H]1[C@@H](OC(=O)C(C)C)[C@](C#N)(c2ccc3c(N)ncnn23)O[C@@H]1COP(=O)(N[C@@H](C)C(=O)OC1CC2(CCCC2)C1)Oc1ccc(C(C)(C)C)cc1. The Bertz CT molecular complexity index is 2080. The summed E-state index contributed by atoms with van der Waals surface area (Å²) < 4.78 is 52.5. The Hall–Kier alpha value is -4.55. The van der Waals surface area contributed by atoms with Crippen molar-refractivity contribution in [3.8, 4) is 11.8 Å². The van der Waals surface area contributed by atoms with E-state index in [0.29, 0.717) is 5.52 Å². The zero-order chi connectivity index (χ0) is 42.2. The van der Waals surface area contributed by atoms with E-state index in [2.05, 4.69) is 42.0 Å². The van der Waals surface area contributed by atoms with Crippen LogP contribution in [0, 0.1) is 28.6 Å². The van der Waals surface area contributed by atoms with Crippen molar-refractivity contribution in [3.05, 3.63) is 54.0 Å². The highest BCUT2D eigenvalue weighted by atomic mass is 31.2. The van der Waals surface area contributed by atoms with Gasteiger partial charge in [-0.25, -0.2) is 14.1 Å². The van der Waals surface area contributed by atoms with Crippen molar-refractivity contribution >= 4 is 37.0 Å². The minimum absolute atomic E-state index is 0.0944. The van der Waals surface area contributed by atoms with Crippen molar-refractivity contribution < 1.29 is 46.9 Å². The first-order valence-electron chi connectivity index (χ1n) is 19.9. The second-order valence-electron chi connectivity index (χ2n) is 17.4. The van der Waals surface area contributed by atoms with Gasteiger partial charge in [0, 0.05) is 0 Å². The molecule has 3 fully saturated rings. The number of nitriles is 1. The highest BCUT2D eigenvalue weighted by Crippen LogP contribution is 2.54. The van der Waals surface area contributed by atoms with Gasteiger partial charge in [-0.3, -0.25) is 18.9 Å². The molecule has 0 bridgehead atoms. The van der Waals surface area contributed by atoms with Crippen molar-refractivity contribution in [1.29, 1.82) is 5.26 Å². The lowest BCUT2D eigenvalue weighted by Crippen LogP contribution is -2.47. The van der Waals surface area contributed by atoms with Crippen molar-refractivity contribution in [2.45, 2.75) is 135 Å². The monoisotopic (exact) mass is 822 g/mol. The Kier molecular flexibility index (Phi) is 12.3. The topological polar surface area (TPSA) is 216 Å². The zero-order valence-corrected chi connectivity index (χ0v) is 35.3. The highest BCUT2D eigenvalue weighted by molar-refractivity contribution is 7.52. The Morgan fingerprint density at radius 1 is 0.983 bits per heavy atom. The van der Waals surface area contributed by atoms with E-state index in [1.54, 1.807) is 45.9 Å². The first-order valence-corrected chi connectivity index (χ1v) is 21.4. The lowest BCUT2D eigenvalue weighted by atomic mass is 9.65. The molecule has 3 N–H and O–H groups in total. The molecule has 1 unspecified atom stereocenters. The van der Waals surface area contributed by atoms with Gasteiger partial charge in [-0.05, 0) is 73.3 Å². The molecule has 2 saturated carbocycles. The van der Waals surface area contributed by atoms with E-state index in [1.165, 1.54) is 36.7 Å². The number of nitrogens with two attached hydrogens (primary N) is 1. The number of aromatic nitrogens is 3. The Labute approximate surface area is 339 Å².